The van der Waals surface area contributed by atoms with Gasteiger partial charge in [-0.25, -0.2) is 13.2 Å². The van der Waals surface area contributed by atoms with Gasteiger partial charge in [0.25, 0.3) is 0 Å². The summed E-state index contributed by atoms with van der Waals surface area (Å²) in [5.41, 5.74) is -0.381. The quantitative estimate of drug-likeness (QED) is 0.652. The Labute approximate surface area is 103 Å². The van der Waals surface area contributed by atoms with Crippen molar-refractivity contribution in [2.24, 2.45) is 0 Å². The molecule has 0 amide bonds. The monoisotopic (exact) mass is 257 g/mol. The van der Waals surface area contributed by atoms with Crippen LogP contribution in [-0.4, -0.2) is 18.4 Å². The molecule has 1 atom stereocenters. The molecule has 2 rings (SSSR count). The maximum atomic E-state index is 13.5. The van der Waals surface area contributed by atoms with E-state index in [2.05, 4.69) is 5.32 Å². The fourth-order valence-electron chi connectivity index (χ4n) is 2.16. The topological polar surface area (TPSA) is 29.1 Å². The number of ketones is 1. The molecule has 1 aromatic carbocycles. The highest BCUT2D eigenvalue weighted by molar-refractivity contribution is 6.00. The molecule has 0 spiro atoms. The van der Waals surface area contributed by atoms with Gasteiger partial charge in [-0.15, -0.1) is 0 Å². The van der Waals surface area contributed by atoms with E-state index >= 15 is 0 Å². The predicted molar refractivity (Wildman–Crippen MR) is 60.9 cm³/mol. The minimum Gasteiger partial charge on any atom is -0.307 e. The maximum absolute atomic E-state index is 13.5. The summed E-state index contributed by atoms with van der Waals surface area (Å²) < 4.78 is 39.4. The van der Waals surface area contributed by atoms with Crippen LogP contribution in [0.1, 0.15) is 36.0 Å². The van der Waals surface area contributed by atoms with Crippen LogP contribution >= 0.6 is 0 Å². The number of Topliss-reactive ketones (excluding diaryl/α,β-unsaturated/α-hetero) is 1. The minimum absolute atomic E-state index is 0.381. The van der Waals surface area contributed by atoms with Crippen LogP contribution in [0.25, 0.3) is 0 Å². The van der Waals surface area contributed by atoms with Crippen molar-refractivity contribution in [3.05, 3.63) is 35.1 Å². The number of carbonyl (C=O) groups is 1. The van der Waals surface area contributed by atoms with Crippen LogP contribution in [0.2, 0.25) is 0 Å². The van der Waals surface area contributed by atoms with Crippen molar-refractivity contribution in [2.45, 2.75) is 31.7 Å². The Morgan fingerprint density at radius 3 is 2.67 bits per heavy atom. The van der Waals surface area contributed by atoms with Gasteiger partial charge in [0.15, 0.2) is 23.2 Å². The lowest BCUT2D eigenvalue weighted by atomic mass is 9.99. The number of hydrogen-bond donors (Lipinski definition) is 1. The second-order valence-electron chi connectivity index (χ2n) is 4.44. The molecule has 0 radical (unpaired) electrons. The third-order valence-corrected chi connectivity index (χ3v) is 3.18. The largest absolute Gasteiger partial charge is 0.307 e. The minimum atomic E-state index is -1.59. The van der Waals surface area contributed by atoms with Crippen LogP contribution in [-0.2, 0) is 0 Å². The number of benzene rings is 1. The van der Waals surface area contributed by atoms with Crippen molar-refractivity contribution in [3.63, 3.8) is 0 Å². The van der Waals surface area contributed by atoms with Gasteiger partial charge in [-0.3, -0.25) is 4.79 Å². The first-order chi connectivity index (χ1) is 8.61. The summed E-state index contributed by atoms with van der Waals surface area (Å²) in [4.78, 5) is 12.0. The van der Waals surface area contributed by atoms with E-state index in [0.29, 0.717) is 13.0 Å². The number of nitrogens with one attached hydrogen (secondary N) is 1. The smallest absolute Gasteiger partial charge is 0.195 e. The fourth-order valence-corrected chi connectivity index (χ4v) is 2.16. The van der Waals surface area contributed by atoms with Crippen LogP contribution in [0.3, 0.4) is 0 Å². The molecule has 1 aliphatic rings. The van der Waals surface area contributed by atoms with Gasteiger partial charge < -0.3 is 5.32 Å². The second kappa shape index (κ2) is 5.52. The van der Waals surface area contributed by atoms with Crippen molar-refractivity contribution in [2.75, 3.05) is 6.54 Å². The molecule has 5 heteroatoms. The van der Waals surface area contributed by atoms with E-state index in [-0.39, 0.29) is 5.56 Å². The lowest BCUT2D eigenvalue weighted by molar-refractivity contribution is 0.0935. The Kier molecular flexibility index (Phi) is 4.01. The lowest BCUT2D eigenvalue weighted by Gasteiger charge is -2.15. The molecule has 0 aliphatic carbocycles. The molecule has 98 valence electrons. The molecule has 0 aromatic heterocycles. The first kappa shape index (κ1) is 13.1. The molecule has 1 unspecified atom stereocenters. The van der Waals surface area contributed by atoms with Gasteiger partial charge in [0, 0.05) is 0 Å². The number of rotatable bonds is 2. The van der Waals surface area contributed by atoms with Gasteiger partial charge in [0.05, 0.1) is 11.6 Å². The van der Waals surface area contributed by atoms with E-state index in [9.17, 15) is 18.0 Å². The molecule has 1 heterocycles. The lowest BCUT2D eigenvalue weighted by Crippen LogP contribution is -2.36. The molecule has 1 fully saturated rings. The molecule has 0 saturated carbocycles. The Balaban J connectivity index is 2.25. The zero-order valence-electron chi connectivity index (χ0n) is 9.81. The zero-order valence-corrected chi connectivity index (χ0v) is 9.81. The Hall–Kier alpha value is -1.36. The first-order valence-electron chi connectivity index (χ1n) is 6.02. The second-order valence-corrected chi connectivity index (χ2v) is 4.44. The van der Waals surface area contributed by atoms with Crippen LogP contribution in [0.4, 0.5) is 13.2 Å². The third-order valence-electron chi connectivity index (χ3n) is 3.18. The van der Waals surface area contributed by atoms with Gasteiger partial charge in [-0.2, -0.15) is 0 Å². The molecular formula is C13H14F3NO. The van der Waals surface area contributed by atoms with E-state index in [1.165, 1.54) is 0 Å². The summed E-state index contributed by atoms with van der Waals surface area (Å²) in [6.07, 6.45) is 3.44. The molecule has 18 heavy (non-hydrogen) atoms. The molecule has 1 saturated heterocycles. The van der Waals surface area contributed by atoms with Gasteiger partial charge in [0.1, 0.15) is 0 Å². The molecule has 0 bridgehead atoms. The molecular weight excluding hydrogens is 243 g/mol. The van der Waals surface area contributed by atoms with Gasteiger partial charge >= 0.3 is 0 Å². The number of carbonyl (C=O) groups excluding carboxylic acids is 1. The van der Waals surface area contributed by atoms with E-state index in [4.69, 9.17) is 0 Å². The van der Waals surface area contributed by atoms with Crippen molar-refractivity contribution < 1.29 is 18.0 Å². The summed E-state index contributed by atoms with van der Waals surface area (Å²) in [6.45, 7) is 0.682. The summed E-state index contributed by atoms with van der Waals surface area (Å²) in [5.74, 6) is -4.77. The van der Waals surface area contributed by atoms with Crippen molar-refractivity contribution in [3.8, 4) is 0 Å². The standard InChI is InChI=1S/C13H14F3NO/c14-9-6-5-8(11(15)12(9)16)13(18)10-4-2-1-3-7-17-10/h5-6,10,17H,1-4,7H2. The number of hydrogen-bond acceptors (Lipinski definition) is 2. The highest BCUT2D eigenvalue weighted by atomic mass is 19.2. The van der Waals surface area contributed by atoms with E-state index < -0.39 is 29.3 Å². The Morgan fingerprint density at radius 1 is 1.11 bits per heavy atom. The average Bonchev–Trinajstić information content (AvgIpc) is 2.64. The summed E-state index contributed by atoms with van der Waals surface area (Å²) in [5, 5.41) is 3.01. The summed E-state index contributed by atoms with van der Waals surface area (Å²) in [7, 11) is 0. The van der Waals surface area contributed by atoms with Gasteiger partial charge in [0.2, 0.25) is 0 Å². The molecule has 1 aromatic rings. The summed E-state index contributed by atoms with van der Waals surface area (Å²) >= 11 is 0. The van der Waals surface area contributed by atoms with Crippen molar-refractivity contribution >= 4 is 5.78 Å². The SMILES string of the molecule is O=C(c1ccc(F)c(F)c1F)C1CCCCCN1. The Morgan fingerprint density at radius 2 is 1.89 bits per heavy atom. The van der Waals surface area contributed by atoms with Crippen LogP contribution < -0.4 is 5.32 Å². The molecule has 2 nitrogen and oxygen atoms in total. The van der Waals surface area contributed by atoms with Crippen molar-refractivity contribution in [1.29, 1.82) is 0 Å². The Bertz CT molecular complexity index is 454. The predicted octanol–water partition coefficient (Wildman–Crippen LogP) is 2.82. The zero-order chi connectivity index (χ0) is 13.1. The van der Waals surface area contributed by atoms with E-state index in [1.807, 2.05) is 0 Å². The van der Waals surface area contributed by atoms with E-state index in [0.717, 1.165) is 31.4 Å². The van der Waals surface area contributed by atoms with Crippen LogP contribution in [0.5, 0.6) is 0 Å². The van der Waals surface area contributed by atoms with Gasteiger partial charge in [-0.05, 0) is 31.5 Å². The number of halogens is 3. The maximum Gasteiger partial charge on any atom is 0.195 e. The fraction of sp³-hybridized carbons (Fsp3) is 0.462. The van der Waals surface area contributed by atoms with Crippen LogP contribution in [0.15, 0.2) is 12.1 Å². The first-order valence-corrected chi connectivity index (χ1v) is 6.02. The van der Waals surface area contributed by atoms with Gasteiger partial charge in [-0.1, -0.05) is 12.8 Å². The highest BCUT2D eigenvalue weighted by Crippen LogP contribution is 2.19. The highest BCUT2D eigenvalue weighted by Gasteiger charge is 2.25. The average molecular weight is 257 g/mol. The molecule has 1 aliphatic heterocycles. The van der Waals surface area contributed by atoms with Crippen molar-refractivity contribution in [1.82, 2.24) is 5.32 Å². The van der Waals surface area contributed by atoms with E-state index in [1.54, 1.807) is 0 Å². The molecule has 1 N–H and O–H groups in total. The third kappa shape index (κ3) is 2.56. The normalized spacial score (nSPS) is 20.5. The summed E-state index contributed by atoms with van der Waals surface area (Å²) in [6, 6.07) is 1.28. The van der Waals surface area contributed by atoms with Crippen LogP contribution in [0, 0.1) is 17.5 Å².